The number of fused-ring (bicyclic) bond motifs is 5. The van der Waals surface area contributed by atoms with Crippen molar-refractivity contribution < 1.29 is 0 Å². The van der Waals surface area contributed by atoms with Crippen LogP contribution in [0.3, 0.4) is 0 Å². The Balaban J connectivity index is 1.14. The molecule has 12 aromatic rings. The van der Waals surface area contributed by atoms with Gasteiger partial charge in [-0.15, -0.1) is 0 Å². The summed E-state index contributed by atoms with van der Waals surface area (Å²) in [6, 6.07) is 93.6. The molecule has 11 aromatic carbocycles. The molecule has 0 amide bonds. The second-order valence-electron chi connectivity index (χ2n) is 17.3. The molecule has 13 rings (SSSR count). The van der Waals surface area contributed by atoms with Crippen molar-refractivity contribution in [2.24, 2.45) is 0 Å². The van der Waals surface area contributed by atoms with Gasteiger partial charge in [-0.05, 0) is 133 Å². The quantitative estimate of drug-likeness (QED) is 0.155. The van der Waals surface area contributed by atoms with Crippen molar-refractivity contribution in [3.05, 3.63) is 255 Å². The third-order valence-electron chi connectivity index (χ3n) is 13.4. The monoisotopic (exact) mass is 838 g/mol. The summed E-state index contributed by atoms with van der Waals surface area (Å²) in [5.74, 6) is 0. The van der Waals surface area contributed by atoms with Gasteiger partial charge in [0.1, 0.15) is 0 Å². The summed E-state index contributed by atoms with van der Waals surface area (Å²) in [5.41, 5.74) is 21.2. The van der Waals surface area contributed by atoms with Gasteiger partial charge in [0.2, 0.25) is 0 Å². The molecule has 0 saturated heterocycles. The molecule has 1 aromatic heterocycles. The maximum absolute atomic E-state index is 2.52. The van der Waals surface area contributed by atoms with Gasteiger partial charge in [-0.25, -0.2) is 0 Å². The minimum Gasteiger partial charge on any atom is -0.309 e. The van der Waals surface area contributed by atoms with E-state index in [1.807, 2.05) is 0 Å². The zero-order valence-electron chi connectivity index (χ0n) is 36.1. The predicted molar refractivity (Wildman–Crippen MR) is 279 cm³/mol. The van der Waals surface area contributed by atoms with Crippen molar-refractivity contribution in [1.29, 1.82) is 0 Å². The molecular formula is C64H42N2. The highest BCUT2D eigenvalue weighted by Crippen LogP contribution is 2.54. The van der Waals surface area contributed by atoms with Crippen LogP contribution < -0.4 is 4.90 Å². The summed E-state index contributed by atoms with van der Waals surface area (Å²) in [7, 11) is 0. The molecule has 66 heavy (non-hydrogen) atoms. The van der Waals surface area contributed by atoms with Gasteiger partial charge in [0.15, 0.2) is 0 Å². The topological polar surface area (TPSA) is 8.17 Å². The molecular weight excluding hydrogens is 797 g/mol. The van der Waals surface area contributed by atoms with Crippen LogP contribution in [0.5, 0.6) is 0 Å². The van der Waals surface area contributed by atoms with Crippen molar-refractivity contribution in [1.82, 2.24) is 4.57 Å². The minimum atomic E-state index is 1.12. The summed E-state index contributed by atoms with van der Waals surface area (Å²) in [4.78, 5) is 2.52. The molecule has 308 valence electrons. The Hall–Kier alpha value is -8.72. The van der Waals surface area contributed by atoms with E-state index < -0.39 is 0 Å². The van der Waals surface area contributed by atoms with E-state index >= 15 is 0 Å². The number of aromatic nitrogens is 1. The van der Waals surface area contributed by atoms with Crippen molar-refractivity contribution >= 4 is 49.6 Å². The van der Waals surface area contributed by atoms with Gasteiger partial charge in [-0.2, -0.15) is 0 Å². The SMILES string of the molecule is c1ccc(-c2cc(-c3ccccc3)cc(N3c4cc5c(cc4-c4cccc6cccc3c46)c3cc(-c4ccccc4)ccc3n5-c3cc(-c4ccccc4)cc(-c4ccccc4)c3)c2)cc1. The Labute approximate surface area is 384 Å². The van der Waals surface area contributed by atoms with Crippen molar-refractivity contribution in [3.63, 3.8) is 0 Å². The molecule has 2 nitrogen and oxygen atoms in total. The molecule has 0 N–H and O–H groups in total. The first-order chi connectivity index (χ1) is 32.7. The van der Waals surface area contributed by atoms with E-state index in [1.54, 1.807) is 0 Å². The summed E-state index contributed by atoms with van der Waals surface area (Å²) in [6.07, 6.45) is 0. The third kappa shape index (κ3) is 6.34. The standard InChI is InChI=1S/C64H42N2/c1-6-18-43(19-7-1)49-32-33-60-57(40-49)59-41-58-56-30-16-28-48-29-17-31-61(64(48)56)66(55-38-52(46-24-12-4-13-25-46)35-53(39-55)47-26-14-5-15-27-47)62(58)42-63(59)65(60)54-36-50(44-20-8-2-9-21-44)34-51(37-54)45-22-10-3-11-23-45/h1-42H. The fraction of sp³-hybridized carbons (Fsp3) is 0. The van der Waals surface area contributed by atoms with E-state index in [0.29, 0.717) is 0 Å². The van der Waals surface area contributed by atoms with Gasteiger partial charge in [0.25, 0.3) is 0 Å². The molecule has 0 aliphatic carbocycles. The highest BCUT2D eigenvalue weighted by molar-refractivity contribution is 6.19. The number of rotatable bonds is 7. The minimum absolute atomic E-state index is 1.12. The summed E-state index contributed by atoms with van der Waals surface area (Å²) in [5, 5.41) is 4.92. The fourth-order valence-electron chi connectivity index (χ4n) is 10.4. The molecule has 0 saturated carbocycles. The van der Waals surface area contributed by atoms with Gasteiger partial charge in [0.05, 0.1) is 22.4 Å². The second-order valence-corrected chi connectivity index (χ2v) is 17.3. The van der Waals surface area contributed by atoms with E-state index in [1.165, 1.54) is 94.0 Å². The molecule has 0 spiro atoms. The predicted octanol–water partition coefficient (Wildman–Crippen LogP) is 17.7. The van der Waals surface area contributed by atoms with Gasteiger partial charge in [-0.1, -0.05) is 188 Å². The number of anilines is 3. The fourth-order valence-corrected chi connectivity index (χ4v) is 10.4. The van der Waals surface area contributed by atoms with E-state index in [9.17, 15) is 0 Å². The molecule has 2 heterocycles. The number of hydrogen-bond donors (Lipinski definition) is 0. The average molecular weight is 839 g/mol. The van der Waals surface area contributed by atoms with Crippen LogP contribution in [0.4, 0.5) is 17.1 Å². The van der Waals surface area contributed by atoms with Crippen molar-refractivity contribution in [3.8, 4) is 72.4 Å². The van der Waals surface area contributed by atoms with Crippen molar-refractivity contribution in [2.45, 2.75) is 0 Å². The summed E-state index contributed by atoms with van der Waals surface area (Å²) >= 11 is 0. The Morgan fingerprint density at radius 2 is 0.697 bits per heavy atom. The third-order valence-corrected chi connectivity index (χ3v) is 13.4. The highest BCUT2D eigenvalue weighted by atomic mass is 15.2. The van der Waals surface area contributed by atoms with Crippen LogP contribution in [0.2, 0.25) is 0 Å². The lowest BCUT2D eigenvalue weighted by atomic mass is 9.89. The molecule has 0 radical (unpaired) electrons. The van der Waals surface area contributed by atoms with Crippen LogP contribution in [0.25, 0.3) is 105 Å². The lowest BCUT2D eigenvalue weighted by Gasteiger charge is -2.34. The Bertz CT molecular complexity index is 3660. The van der Waals surface area contributed by atoms with Crippen LogP contribution in [-0.2, 0) is 0 Å². The molecule has 0 atom stereocenters. The van der Waals surface area contributed by atoms with Crippen LogP contribution in [0, 0.1) is 0 Å². The number of hydrogen-bond acceptors (Lipinski definition) is 1. The highest BCUT2D eigenvalue weighted by Gasteiger charge is 2.29. The maximum atomic E-state index is 2.52. The second kappa shape index (κ2) is 15.5. The Kier molecular flexibility index (Phi) is 8.89. The molecule has 0 unspecified atom stereocenters. The molecule has 2 heteroatoms. The van der Waals surface area contributed by atoms with Crippen LogP contribution in [0.15, 0.2) is 255 Å². The molecule has 1 aliphatic rings. The first kappa shape index (κ1) is 37.8. The van der Waals surface area contributed by atoms with Crippen LogP contribution in [-0.4, -0.2) is 4.57 Å². The summed E-state index contributed by atoms with van der Waals surface area (Å²) < 4.78 is 2.51. The van der Waals surface area contributed by atoms with Gasteiger partial charge in [-0.3, -0.25) is 0 Å². The summed E-state index contributed by atoms with van der Waals surface area (Å²) in [6.45, 7) is 0. The molecule has 0 bridgehead atoms. The number of benzene rings is 11. The van der Waals surface area contributed by atoms with E-state index in [4.69, 9.17) is 0 Å². The van der Waals surface area contributed by atoms with Crippen molar-refractivity contribution in [2.75, 3.05) is 4.90 Å². The smallest absolute Gasteiger partial charge is 0.0562 e. The first-order valence-electron chi connectivity index (χ1n) is 22.7. The lowest BCUT2D eigenvalue weighted by molar-refractivity contribution is 1.18. The van der Waals surface area contributed by atoms with Gasteiger partial charge >= 0.3 is 0 Å². The number of nitrogens with zero attached hydrogens (tertiary/aromatic N) is 2. The van der Waals surface area contributed by atoms with E-state index in [2.05, 4.69) is 264 Å². The molecule has 1 aliphatic heterocycles. The first-order valence-corrected chi connectivity index (χ1v) is 22.7. The normalized spacial score (nSPS) is 11.9. The van der Waals surface area contributed by atoms with Gasteiger partial charge < -0.3 is 9.47 Å². The average Bonchev–Trinajstić information content (AvgIpc) is 3.72. The lowest BCUT2D eigenvalue weighted by Crippen LogP contribution is -2.15. The van der Waals surface area contributed by atoms with Crippen LogP contribution >= 0.6 is 0 Å². The van der Waals surface area contributed by atoms with Crippen LogP contribution in [0.1, 0.15) is 0 Å². The Morgan fingerprint density at radius 3 is 1.21 bits per heavy atom. The zero-order chi connectivity index (χ0) is 43.6. The Morgan fingerprint density at radius 1 is 0.242 bits per heavy atom. The zero-order valence-corrected chi connectivity index (χ0v) is 36.1. The largest absolute Gasteiger partial charge is 0.309 e. The van der Waals surface area contributed by atoms with E-state index in [-0.39, 0.29) is 0 Å². The van der Waals surface area contributed by atoms with E-state index in [0.717, 1.165) is 28.1 Å². The maximum Gasteiger partial charge on any atom is 0.0562 e. The molecule has 0 fully saturated rings. The van der Waals surface area contributed by atoms with Gasteiger partial charge in [0, 0.05) is 33.1 Å².